The topological polar surface area (TPSA) is 42.0 Å². The number of aryl methyl sites for hydroxylation is 1. The molecule has 0 spiro atoms. The molecule has 82 valence electrons. The first kappa shape index (κ1) is 10.8. The Labute approximate surface area is 98.3 Å². The van der Waals surface area contributed by atoms with Gasteiger partial charge < -0.3 is 5.32 Å². The Morgan fingerprint density at radius 2 is 2.00 bits per heavy atom. The highest BCUT2D eigenvalue weighted by atomic mass is 32.1. The van der Waals surface area contributed by atoms with Crippen LogP contribution in [0.5, 0.6) is 0 Å². The van der Waals surface area contributed by atoms with Gasteiger partial charge in [0.15, 0.2) is 0 Å². The quantitative estimate of drug-likeness (QED) is 0.864. The number of rotatable bonds is 2. The van der Waals surface area contributed by atoms with Crippen molar-refractivity contribution in [2.45, 2.75) is 13.8 Å². The van der Waals surface area contributed by atoms with Crippen molar-refractivity contribution in [3.8, 4) is 10.4 Å². The van der Waals surface area contributed by atoms with E-state index in [0.717, 1.165) is 21.8 Å². The van der Waals surface area contributed by atoms with E-state index in [-0.39, 0.29) is 5.91 Å². The summed E-state index contributed by atoms with van der Waals surface area (Å²) in [6.45, 7) is 3.40. The minimum absolute atomic E-state index is 0.0690. The number of anilines is 1. The number of nitrogens with one attached hydrogen (secondary N) is 1. The van der Waals surface area contributed by atoms with Crippen LogP contribution in [0.1, 0.15) is 12.6 Å². The second-order valence-corrected chi connectivity index (χ2v) is 4.29. The maximum atomic E-state index is 11.1. The molecule has 1 amide bonds. The van der Waals surface area contributed by atoms with Crippen molar-refractivity contribution in [3.05, 3.63) is 36.0 Å². The fraction of sp³-hybridized carbons (Fsp3) is 0.167. The van der Waals surface area contributed by atoms with Crippen LogP contribution >= 0.6 is 11.5 Å². The van der Waals surface area contributed by atoms with Gasteiger partial charge in [-0.15, -0.1) is 0 Å². The Bertz CT molecular complexity index is 505. The molecular formula is C12H12N2OS. The third kappa shape index (κ3) is 2.12. The van der Waals surface area contributed by atoms with Gasteiger partial charge in [0.25, 0.3) is 0 Å². The Morgan fingerprint density at radius 3 is 2.62 bits per heavy atom. The van der Waals surface area contributed by atoms with Crippen molar-refractivity contribution in [3.63, 3.8) is 0 Å². The largest absolute Gasteiger partial charge is 0.323 e. The molecule has 1 N–H and O–H groups in total. The van der Waals surface area contributed by atoms with Gasteiger partial charge in [-0.3, -0.25) is 4.79 Å². The average molecular weight is 232 g/mol. The van der Waals surface area contributed by atoms with E-state index >= 15 is 0 Å². The molecule has 2 rings (SSSR count). The fourth-order valence-corrected chi connectivity index (χ4v) is 2.33. The number of carbonyl (C=O) groups excluding carboxylic acids is 1. The molecule has 1 aromatic heterocycles. The van der Waals surface area contributed by atoms with Gasteiger partial charge >= 0.3 is 0 Å². The normalized spacial score (nSPS) is 10.1. The third-order valence-corrected chi connectivity index (χ3v) is 3.19. The van der Waals surface area contributed by atoms with E-state index in [9.17, 15) is 4.79 Å². The Morgan fingerprint density at radius 1 is 1.31 bits per heavy atom. The van der Waals surface area contributed by atoms with Crippen LogP contribution in [0.15, 0.2) is 30.3 Å². The summed E-state index contributed by atoms with van der Waals surface area (Å²) in [5.74, 6) is -0.0690. The number of nitrogens with zero attached hydrogens (tertiary/aromatic N) is 1. The lowest BCUT2D eigenvalue weighted by Crippen LogP contribution is -2.06. The van der Waals surface area contributed by atoms with Crippen LogP contribution in [0, 0.1) is 6.92 Å². The first-order valence-corrected chi connectivity index (χ1v) is 5.75. The SMILES string of the molecule is CC(=O)Nc1c(C)nsc1-c1ccccc1. The van der Waals surface area contributed by atoms with E-state index in [1.54, 1.807) is 0 Å². The van der Waals surface area contributed by atoms with Gasteiger partial charge in [0, 0.05) is 6.92 Å². The molecule has 0 aliphatic rings. The third-order valence-electron chi connectivity index (χ3n) is 2.20. The van der Waals surface area contributed by atoms with Crippen LogP contribution in [-0.2, 0) is 4.79 Å². The lowest BCUT2D eigenvalue weighted by atomic mass is 10.1. The highest BCUT2D eigenvalue weighted by molar-refractivity contribution is 7.10. The van der Waals surface area contributed by atoms with Gasteiger partial charge in [-0.25, -0.2) is 0 Å². The van der Waals surface area contributed by atoms with Gasteiger partial charge in [-0.05, 0) is 24.0 Å². The maximum absolute atomic E-state index is 11.1. The van der Waals surface area contributed by atoms with E-state index < -0.39 is 0 Å². The molecule has 0 bridgehead atoms. The van der Waals surface area contributed by atoms with Gasteiger partial charge in [0.2, 0.25) is 5.91 Å². The van der Waals surface area contributed by atoms with Crippen LogP contribution < -0.4 is 5.32 Å². The molecule has 1 aromatic carbocycles. The fourth-order valence-electron chi connectivity index (χ4n) is 1.48. The first-order valence-electron chi connectivity index (χ1n) is 4.98. The highest BCUT2D eigenvalue weighted by Gasteiger charge is 2.12. The van der Waals surface area contributed by atoms with Gasteiger partial charge in [0.1, 0.15) is 0 Å². The van der Waals surface area contributed by atoms with Crippen molar-refractivity contribution in [1.29, 1.82) is 0 Å². The minimum atomic E-state index is -0.0690. The molecule has 0 saturated heterocycles. The molecule has 16 heavy (non-hydrogen) atoms. The lowest BCUT2D eigenvalue weighted by Gasteiger charge is -2.04. The van der Waals surface area contributed by atoms with Crippen molar-refractivity contribution < 1.29 is 4.79 Å². The predicted molar refractivity (Wildman–Crippen MR) is 66.6 cm³/mol. The standard InChI is InChI=1S/C12H12N2OS/c1-8-11(13-9(2)15)12(16-14-8)10-6-4-3-5-7-10/h3-7H,1-2H3,(H,13,15). The van der Waals surface area contributed by atoms with Crippen molar-refractivity contribution >= 4 is 23.1 Å². The van der Waals surface area contributed by atoms with E-state index in [4.69, 9.17) is 0 Å². The maximum Gasteiger partial charge on any atom is 0.221 e. The molecular weight excluding hydrogens is 220 g/mol. The Hall–Kier alpha value is -1.68. The summed E-state index contributed by atoms with van der Waals surface area (Å²) in [5.41, 5.74) is 2.76. The number of aromatic nitrogens is 1. The highest BCUT2D eigenvalue weighted by Crippen LogP contribution is 2.34. The number of benzene rings is 1. The number of carbonyl (C=O) groups is 1. The molecule has 0 saturated carbocycles. The van der Waals surface area contributed by atoms with Gasteiger partial charge in [-0.2, -0.15) is 4.37 Å². The van der Waals surface area contributed by atoms with Gasteiger partial charge in [-0.1, -0.05) is 30.3 Å². The zero-order valence-electron chi connectivity index (χ0n) is 9.15. The molecule has 0 aliphatic carbocycles. The first-order chi connectivity index (χ1) is 7.68. The summed E-state index contributed by atoms with van der Waals surface area (Å²) in [6, 6.07) is 9.94. The van der Waals surface area contributed by atoms with E-state index in [0.29, 0.717) is 0 Å². The van der Waals surface area contributed by atoms with Crippen molar-refractivity contribution in [1.82, 2.24) is 4.37 Å². The van der Waals surface area contributed by atoms with Crippen LogP contribution in [0.4, 0.5) is 5.69 Å². The number of hydrogen-bond acceptors (Lipinski definition) is 3. The predicted octanol–water partition coefficient (Wildman–Crippen LogP) is 3.08. The zero-order valence-corrected chi connectivity index (χ0v) is 9.97. The molecule has 2 aromatic rings. The summed E-state index contributed by atoms with van der Waals surface area (Å²) in [5, 5.41) is 2.83. The van der Waals surface area contributed by atoms with E-state index in [1.165, 1.54) is 18.5 Å². The van der Waals surface area contributed by atoms with Crippen LogP contribution in [0.25, 0.3) is 10.4 Å². The number of hydrogen-bond donors (Lipinski definition) is 1. The monoisotopic (exact) mass is 232 g/mol. The second-order valence-electron chi connectivity index (χ2n) is 3.52. The van der Waals surface area contributed by atoms with Crippen molar-refractivity contribution in [2.24, 2.45) is 0 Å². The lowest BCUT2D eigenvalue weighted by molar-refractivity contribution is -0.114. The summed E-state index contributed by atoms with van der Waals surface area (Å²) in [6.07, 6.45) is 0. The second kappa shape index (κ2) is 4.45. The zero-order chi connectivity index (χ0) is 11.5. The summed E-state index contributed by atoms with van der Waals surface area (Å²) < 4.78 is 4.27. The van der Waals surface area contributed by atoms with Gasteiger partial charge in [0.05, 0.1) is 16.3 Å². The molecule has 0 unspecified atom stereocenters. The van der Waals surface area contributed by atoms with E-state index in [1.807, 2.05) is 37.3 Å². The molecule has 0 atom stereocenters. The smallest absolute Gasteiger partial charge is 0.221 e. The molecule has 0 fully saturated rings. The van der Waals surface area contributed by atoms with Crippen LogP contribution in [-0.4, -0.2) is 10.3 Å². The van der Waals surface area contributed by atoms with Crippen LogP contribution in [0.2, 0.25) is 0 Å². The minimum Gasteiger partial charge on any atom is -0.323 e. The summed E-state index contributed by atoms with van der Waals surface area (Å²) in [7, 11) is 0. The molecule has 0 aliphatic heterocycles. The molecule has 3 nitrogen and oxygen atoms in total. The average Bonchev–Trinajstić information content (AvgIpc) is 2.61. The molecule has 4 heteroatoms. The Kier molecular flexibility index (Phi) is 3.01. The van der Waals surface area contributed by atoms with E-state index in [2.05, 4.69) is 9.69 Å². The summed E-state index contributed by atoms with van der Waals surface area (Å²) >= 11 is 1.41. The van der Waals surface area contributed by atoms with Crippen LogP contribution in [0.3, 0.4) is 0 Å². The Balaban J connectivity index is 2.46. The van der Waals surface area contributed by atoms with Crippen molar-refractivity contribution in [2.75, 3.05) is 5.32 Å². The number of amides is 1. The summed E-state index contributed by atoms with van der Waals surface area (Å²) in [4.78, 5) is 12.1. The molecule has 0 radical (unpaired) electrons. The molecule has 1 heterocycles.